The summed E-state index contributed by atoms with van der Waals surface area (Å²) in [5.74, 6) is 1.37. The fraction of sp³-hybridized carbons (Fsp3) is 0.318. The summed E-state index contributed by atoms with van der Waals surface area (Å²) in [6.45, 7) is 4.58. The lowest BCUT2D eigenvalue weighted by Gasteiger charge is -2.16. The van der Waals surface area contributed by atoms with Crippen molar-refractivity contribution in [1.82, 2.24) is 15.0 Å². The molecule has 1 atom stereocenters. The first-order valence-corrected chi connectivity index (χ1v) is 9.32. The Labute approximate surface area is 165 Å². The molecule has 0 fully saturated rings. The van der Waals surface area contributed by atoms with Gasteiger partial charge in [-0.25, -0.2) is 9.97 Å². The molecular formula is C22H26N4O2. The second-order valence-corrected chi connectivity index (χ2v) is 6.77. The van der Waals surface area contributed by atoms with Crippen LogP contribution in [0.15, 0.2) is 48.8 Å². The second-order valence-electron chi connectivity index (χ2n) is 6.77. The molecular weight excluding hydrogens is 352 g/mol. The molecule has 0 saturated heterocycles. The summed E-state index contributed by atoms with van der Waals surface area (Å²) < 4.78 is 5.22. The highest BCUT2D eigenvalue weighted by atomic mass is 16.5. The molecule has 1 unspecified atom stereocenters. The predicted molar refractivity (Wildman–Crippen MR) is 110 cm³/mol. The first kappa shape index (κ1) is 19.8. The normalized spacial score (nSPS) is 11.9. The van der Waals surface area contributed by atoms with Gasteiger partial charge in [-0.2, -0.15) is 0 Å². The molecule has 0 bridgehead atoms. The third-order valence-electron chi connectivity index (χ3n) is 4.84. The molecule has 2 N–H and O–H groups in total. The van der Waals surface area contributed by atoms with Crippen LogP contribution < -0.4 is 10.1 Å². The Morgan fingerprint density at radius 2 is 1.79 bits per heavy atom. The van der Waals surface area contributed by atoms with Crippen LogP contribution in [0.25, 0.3) is 0 Å². The Bertz CT molecular complexity index is 875. The maximum absolute atomic E-state index is 9.69. The Hall–Kier alpha value is -2.99. The van der Waals surface area contributed by atoms with E-state index < -0.39 is 0 Å². The van der Waals surface area contributed by atoms with Gasteiger partial charge in [0.25, 0.3) is 0 Å². The highest BCUT2D eigenvalue weighted by Crippen LogP contribution is 2.20. The summed E-state index contributed by atoms with van der Waals surface area (Å²) in [6, 6.07) is 11.9. The van der Waals surface area contributed by atoms with E-state index in [0.717, 1.165) is 34.7 Å². The second kappa shape index (κ2) is 9.28. The molecule has 6 nitrogen and oxygen atoms in total. The van der Waals surface area contributed by atoms with Crippen LogP contribution in [0, 0.1) is 13.8 Å². The van der Waals surface area contributed by atoms with Crippen LogP contribution >= 0.6 is 0 Å². The molecule has 28 heavy (non-hydrogen) atoms. The number of ether oxygens (including phenoxy) is 1. The highest BCUT2D eigenvalue weighted by molar-refractivity contribution is 5.38. The quantitative estimate of drug-likeness (QED) is 0.626. The van der Waals surface area contributed by atoms with Crippen LogP contribution in [-0.2, 0) is 6.42 Å². The topological polar surface area (TPSA) is 80.2 Å². The van der Waals surface area contributed by atoms with Gasteiger partial charge in [0.15, 0.2) is 0 Å². The fourth-order valence-corrected chi connectivity index (χ4v) is 3.14. The molecule has 0 saturated carbocycles. The van der Waals surface area contributed by atoms with E-state index in [2.05, 4.69) is 32.4 Å². The highest BCUT2D eigenvalue weighted by Gasteiger charge is 2.13. The van der Waals surface area contributed by atoms with E-state index in [1.54, 1.807) is 19.5 Å². The number of rotatable bonds is 8. The minimum absolute atomic E-state index is 0.0339. The minimum Gasteiger partial charge on any atom is -0.497 e. The van der Waals surface area contributed by atoms with E-state index in [9.17, 15) is 5.11 Å². The summed E-state index contributed by atoms with van der Waals surface area (Å²) >= 11 is 0. The summed E-state index contributed by atoms with van der Waals surface area (Å²) in [7, 11) is 1.67. The number of hydrogen-bond donors (Lipinski definition) is 2. The van der Waals surface area contributed by atoms with E-state index in [1.165, 1.54) is 5.56 Å². The van der Waals surface area contributed by atoms with E-state index in [-0.39, 0.29) is 12.5 Å². The summed E-state index contributed by atoms with van der Waals surface area (Å²) in [6.07, 6.45) is 4.28. The number of anilines is 1. The van der Waals surface area contributed by atoms with Crippen molar-refractivity contribution in [2.24, 2.45) is 0 Å². The number of nitrogens with zero attached hydrogens (tertiary/aromatic N) is 3. The Morgan fingerprint density at radius 1 is 1.07 bits per heavy atom. The number of nitrogens with one attached hydrogen (secondary N) is 1. The Balaban J connectivity index is 1.70. The smallest absolute Gasteiger partial charge is 0.223 e. The molecule has 6 heteroatoms. The standard InChI is InChI=1S/C22H26N4O2/c1-15-21(11-17-6-8-20(28-3)9-7-17)16(2)26-22(25-15)24-13-19(14-27)18-5-4-10-23-12-18/h4-10,12,19,27H,11,13-14H2,1-3H3,(H,24,25,26). The maximum Gasteiger partial charge on any atom is 0.223 e. The molecule has 0 aliphatic heterocycles. The van der Waals surface area contributed by atoms with Gasteiger partial charge >= 0.3 is 0 Å². The lowest BCUT2D eigenvalue weighted by atomic mass is 10.0. The van der Waals surface area contributed by atoms with Crippen molar-refractivity contribution in [3.8, 4) is 5.75 Å². The number of aliphatic hydroxyl groups excluding tert-OH is 1. The largest absolute Gasteiger partial charge is 0.497 e. The van der Waals surface area contributed by atoms with Crippen LogP contribution in [0.5, 0.6) is 5.75 Å². The predicted octanol–water partition coefficient (Wildman–Crippen LogP) is 3.28. The molecule has 0 radical (unpaired) electrons. The van der Waals surface area contributed by atoms with Crippen molar-refractivity contribution >= 4 is 5.95 Å². The third-order valence-corrected chi connectivity index (χ3v) is 4.84. The number of aromatic nitrogens is 3. The number of aliphatic hydroxyl groups is 1. The van der Waals surface area contributed by atoms with Crippen LogP contribution in [-0.4, -0.2) is 40.3 Å². The van der Waals surface area contributed by atoms with E-state index >= 15 is 0 Å². The monoisotopic (exact) mass is 378 g/mol. The van der Waals surface area contributed by atoms with E-state index in [4.69, 9.17) is 4.74 Å². The van der Waals surface area contributed by atoms with Gasteiger partial charge < -0.3 is 15.2 Å². The number of hydrogen-bond acceptors (Lipinski definition) is 6. The van der Waals surface area contributed by atoms with Crippen LogP contribution in [0.3, 0.4) is 0 Å². The van der Waals surface area contributed by atoms with Gasteiger partial charge in [0.1, 0.15) is 5.75 Å². The average Bonchev–Trinajstić information content (AvgIpc) is 2.72. The SMILES string of the molecule is COc1ccc(Cc2c(C)nc(NCC(CO)c3cccnc3)nc2C)cc1. The first-order chi connectivity index (χ1) is 13.6. The van der Waals surface area contributed by atoms with Gasteiger partial charge in [-0.3, -0.25) is 4.98 Å². The van der Waals surface area contributed by atoms with Crippen LogP contribution in [0.4, 0.5) is 5.95 Å². The maximum atomic E-state index is 9.69. The zero-order valence-electron chi connectivity index (χ0n) is 16.5. The Morgan fingerprint density at radius 3 is 2.36 bits per heavy atom. The van der Waals surface area contributed by atoms with Crippen molar-refractivity contribution in [3.05, 3.63) is 76.9 Å². The molecule has 0 amide bonds. The van der Waals surface area contributed by atoms with Gasteiger partial charge in [0.2, 0.25) is 5.95 Å². The van der Waals surface area contributed by atoms with Crippen molar-refractivity contribution in [3.63, 3.8) is 0 Å². The van der Waals surface area contributed by atoms with E-state index in [1.807, 2.05) is 38.1 Å². The molecule has 146 valence electrons. The zero-order chi connectivity index (χ0) is 19.9. The van der Waals surface area contributed by atoms with Crippen molar-refractivity contribution in [2.75, 3.05) is 25.6 Å². The average molecular weight is 378 g/mol. The lowest BCUT2D eigenvalue weighted by Crippen LogP contribution is -2.18. The molecule has 1 aromatic carbocycles. The van der Waals surface area contributed by atoms with Crippen molar-refractivity contribution < 1.29 is 9.84 Å². The lowest BCUT2D eigenvalue weighted by molar-refractivity contribution is 0.269. The first-order valence-electron chi connectivity index (χ1n) is 9.32. The van der Waals surface area contributed by atoms with E-state index in [0.29, 0.717) is 12.5 Å². The van der Waals surface area contributed by atoms with Crippen molar-refractivity contribution in [2.45, 2.75) is 26.2 Å². The number of aryl methyl sites for hydroxylation is 2. The molecule has 3 rings (SSSR count). The fourth-order valence-electron chi connectivity index (χ4n) is 3.14. The number of benzene rings is 1. The van der Waals surface area contributed by atoms with Crippen molar-refractivity contribution in [1.29, 1.82) is 0 Å². The summed E-state index contributed by atoms with van der Waals surface area (Å²) in [5, 5.41) is 13.0. The molecule has 0 spiro atoms. The van der Waals surface area contributed by atoms with Gasteiger partial charge in [0, 0.05) is 42.7 Å². The van der Waals surface area contributed by atoms with Crippen LogP contribution in [0.1, 0.15) is 34.0 Å². The van der Waals surface area contributed by atoms with Gasteiger partial charge in [0.05, 0.1) is 13.7 Å². The third kappa shape index (κ3) is 4.84. The summed E-state index contributed by atoms with van der Waals surface area (Å²) in [5.41, 5.74) is 5.21. The van der Waals surface area contributed by atoms with Crippen LogP contribution in [0.2, 0.25) is 0 Å². The molecule has 2 heterocycles. The number of methoxy groups -OCH3 is 1. The minimum atomic E-state index is -0.0584. The zero-order valence-corrected chi connectivity index (χ0v) is 16.5. The summed E-state index contributed by atoms with van der Waals surface area (Å²) in [4.78, 5) is 13.4. The van der Waals surface area contributed by atoms with Gasteiger partial charge in [-0.05, 0) is 48.7 Å². The molecule has 0 aliphatic rings. The molecule has 0 aliphatic carbocycles. The molecule has 2 aromatic heterocycles. The Kier molecular flexibility index (Phi) is 6.55. The van der Waals surface area contributed by atoms with Gasteiger partial charge in [-0.1, -0.05) is 18.2 Å². The van der Waals surface area contributed by atoms with Gasteiger partial charge in [-0.15, -0.1) is 0 Å². The molecule has 3 aromatic rings. The number of pyridine rings is 1.